The summed E-state index contributed by atoms with van der Waals surface area (Å²) < 4.78 is 10.2. The van der Waals surface area contributed by atoms with Crippen LogP contribution in [0, 0.1) is 0 Å². The number of rotatable bonds is 8. The van der Waals surface area contributed by atoms with Gasteiger partial charge in [-0.05, 0) is 50.9 Å². The molecule has 0 N–H and O–H groups in total. The Bertz CT molecular complexity index is 634. The van der Waals surface area contributed by atoms with Crippen LogP contribution in [0.2, 0.25) is 5.02 Å². The number of carbonyl (C=O) groups is 2. The molecule has 1 unspecified atom stereocenters. The topological polar surface area (TPSA) is 55.8 Å². The van der Waals surface area contributed by atoms with Gasteiger partial charge in [0, 0.05) is 11.6 Å². The van der Waals surface area contributed by atoms with Gasteiger partial charge in [-0.15, -0.1) is 0 Å². The molecular formula is C19H26ClNO4. The van der Waals surface area contributed by atoms with E-state index in [9.17, 15) is 9.59 Å². The molecule has 1 aromatic rings. The van der Waals surface area contributed by atoms with Crippen molar-refractivity contribution >= 4 is 23.5 Å². The van der Waals surface area contributed by atoms with E-state index in [0.717, 1.165) is 24.0 Å². The number of halogens is 1. The van der Waals surface area contributed by atoms with Crippen LogP contribution in [0.1, 0.15) is 44.2 Å². The number of esters is 2. The highest BCUT2D eigenvalue weighted by Gasteiger charge is 2.45. The van der Waals surface area contributed by atoms with Crippen LogP contribution in [-0.2, 0) is 31.0 Å². The Balaban J connectivity index is 2.29. The van der Waals surface area contributed by atoms with E-state index in [-0.39, 0.29) is 24.8 Å². The van der Waals surface area contributed by atoms with Crippen molar-refractivity contribution in [2.24, 2.45) is 0 Å². The number of benzene rings is 1. The zero-order valence-electron chi connectivity index (χ0n) is 15.1. The van der Waals surface area contributed by atoms with Crippen LogP contribution >= 0.6 is 11.6 Å². The molecule has 0 heterocycles. The van der Waals surface area contributed by atoms with Gasteiger partial charge in [-0.2, -0.15) is 0 Å². The first-order chi connectivity index (χ1) is 11.9. The predicted octanol–water partition coefficient (Wildman–Crippen LogP) is 3.32. The molecule has 0 aromatic heterocycles. The van der Waals surface area contributed by atoms with Gasteiger partial charge in [-0.25, -0.2) is 0 Å². The van der Waals surface area contributed by atoms with Crippen molar-refractivity contribution in [2.75, 3.05) is 26.8 Å². The number of ether oxygens (including phenoxy) is 2. The number of nitrogens with zero attached hydrogens (tertiary/aromatic N) is 1. The van der Waals surface area contributed by atoms with Crippen molar-refractivity contribution in [1.29, 1.82) is 0 Å². The van der Waals surface area contributed by atoms with Crippen molar-refractivity contribution < 1.29 is 19.1 Å². The summed E-state index contributed by atoms with van der Waals surface area (Å²) in [6.07, 6.45) is 2.11. The minimum absolute atomic E-state index is 0.219. The van der Waals surface area contributed by atoms with Crippen molar-refractivity contribution in [3.8, 4) is 0 Å². The van der Waals surface area contributed by atoms with Gasteiger partial charge in [0.25, 0.3) is 0 Å². The Morgan fingerprint density at radius 2 is 1.88 bits per heavy atom. The van der Waals surface area contributed by atoms with E-state index in [1.807, 2.05) is 25.2 Å². The average molecular weight is 368 g/mol. The van der Waals surface area contributed by atoms with Crippen molar-refractivity contribution in [1.82, 2.24) is 4.90 Å². The lowest BCUT2D eigenvalue weighted by atomic mass is 9.86. The molecule has 0 saturated carbocycles. The molecule has 6 heteroatoms. The smallest absolute Gasteiger partial charge is 0.308 e. The largest absolute Gasteiger partial charge is 0.466 e. The van der Waals surface area contributed by atoms with E-state index in [0.29, 0.717) is 24.8 Å². The molecule has 138 valence electrons. The first kappa shape index (κ1) is 19.7. The Hall–Kier alpha value is -1.59. The molecule has 1 aliphatic carbocycles. The van der Waals surface area contributed by atoms with E-state index < -0.39 is 5.54 Å². The molecule has 2 rings (SSSR count). The standard InChI is InChI=1S/C19H26ClNO4/c1-4-24-16(22)10-12-21(3)19(13-17(23)25-5-2)11-9-14-7-6-8-15(20)18(14)19/h6-8H,4-5,9-13H2,1-3H3. The molecule has 1 aliphatic rings. The lowest BCUT2D eigenvalue weighted by Crippen LogP contribution is -2.45. The van der Waals surface area contributed by atoms with Gasteiger partial charge >= 0.3 is 11.9 Å². The summed E-state index contributed by atoms with van der Waals surface area (Å²) in [7, 11) is 1.93. The molecule has 0 amide bonds. The Kier molecular flexibility index (Phi) is 6.85. The second-order valence-corrected chi connectivity index (χ2v) is 6.67. The monoisotopic (exact) mass is 367 g/mol. The highest BCUT2D eigenvalue weighted by molar-refractivity contribution is 6.31. The Morgan fingerprint density at radius 1 is 1.20 bits per heavy atom. The summed E-state index contributed by atoms with van der Waals surface area (Å²) in [6.45, 7) is 4.78. The third-order valence-corrected chi connectivity index (χ3v) is 5.12. The van der Waals surface area contributed by atoms with Crippen LogP contribution in [0.5, 0.6) is 0 Å². The van der Waals surface area contributed by atoms with Gasteiger partial charge in [0.2, 0.25) is 0 Å². The second-order valence-electron chi connectivity index (χ2n) is 6.26. The molecule has 25 heavy (non-hydrogen) atoms. The molecule has 0 bridgehead atoms. The fourth-order valence-corrected chi connectivity index (χ4v) is 3.99. The maximum absolute atomic E-state index is 12.3. The summed E-state index contributed by atoms with van der Waals surface area (Å²) in [5, 5.41) is 0.655. The molecule has 0 fully saturated rings. The fourth-order valence-electron chi connectivity index (χ4n) is 3.62. The molecule has 1 atom stereocenters. The van der Waals surface area contributed by atoms with Gasteiger partial charge in [0.05, 0.1) is 31.6 Å². The minimum atomic E-state index is -0.549. The quantitative estimate of drug-likeness (QED) is 0.660. The van der Waals surface area contributed by atoms with Crippen LogP contribution in [0.3, 0.4) is 0 Å². The molecule has 5 nitrogen and oxygen atoms in total. The van der Waals surface area contributed by atoms with Crippen LogP contribution in [0.4, 0.5) is 0 Å². The zero-order chi connectivity index (χ0) is 18.4. The highest BCUT2D eigenvalue weighted by Crippen LogP contribution is 2.47. The highest BCUT2D eigenvalue weighted by atomic mass is 35.5. The third-order valence-electron chi connectivity index (χ3n) is 4.80. The van der Waals surface area contributed by atoms with Crippen molar-refractivity contribution in [3.05, 3.63) is 34.3 Å². The fraction of sp³-hybridized carbons (Fsp3) is 0.579. The molecule has 1 aromatic carbocycles. The maximum atomic E-state index is 12.3. The summed E-state index contributed by atoms with van der Waals surface area (Å²) >= 11 is 6.50. The molecular weight excluding hydrogens is 342 g/mol. The summed E-state index contributed by atoms with van der Waals surface area (Å²) in [6, 6.07) is 5.83. The molecule has 0 radical (unpaired) electrons. The van der Waals surface area contributed by atoms with Crippen molar-refractivity contribution in [3.63, 3.8) is 0 Å². The Labute approximate surface area is 154 Å². The van der Waals surface area contributed by atoms with Gasteiger partial charge in [0.15, 0.2) is 0 Å². The molecule has 0 aliphatic heterocycles. The zero-order valence-corrected chi connectivity index (χ0v) is 15.9. The normalized spacial score (nSPS) is 18.9. The number of hydrogen-bond acceptors (Lipinski definition) is 5. The van der Waals surface area contributed by atoms with Gasteiger partial charge in [-0.3, -0.25) is 14.5 Å². The lowest BCUT2D eigenvalue weighted by Gasteiger charge is -2.39. The maximum Gasteiger partial charge on any atom is 0.308 e. The Morgan fingerprint density at radius 3 is 2.56 bits per heavy atom. The van der Waals surface area contributed by atoms with Crippen LogP contribution in [0.15, 0.2) is 18.2 Å². The minimum Gasteiger partial charge on any atom is -0.466 e. The van der Waals surface area contributed by atoms with Gasteiger partial charge in [-0.1, -0.05) is 23.7 Å². The number of hydrogen-bond donors (Lipinski definition) is 0. The predicted molar refractivity (Wildman–Crippen MR) is 96.6 cm³/mol. The lowest BCUT2D eigenvalue weighted by molar-refractivity contribution is -0.147. The first-order valence-corrected chi connectivity index (χ1v) is 9.12. The SMILES string of the molecule is CCOC(=O)CCN(C)C1(CC(=O)OCC)CCc2cccc(Cl)c21. The first-order valence-electron chi connectivity index (χ1n) is 8.75. The molecule has 0 saturated heterocycles. The molecule has 0 spiro atoms. The summed E-state index contributed by atoms with van der Waals surface area (Å²) in [5.74, 6) is -0.490. The number of fused-ring (bicyclic) bond motifs is 1. The van der Waals surface area contributed by atoms with Crippen LogP contribution < -0.4 is 0 Å². The number of aryl methyl sites for hydroxylation is 1. The number of carbonyl (C=O) groups excluding carboxylic acids is 2. The second kappa shape index (κ2) is 8.68. The van der Waals surface area contributed by atoms with Crippen LogP contribution in [0.25, 0.3) is 0 Å². The van der Waals surface area contributed by atoms with Gasteiger partial charge < -0.3 is 9.47 Å². The summed E-state index contributed by atoms with van der Waals surface area (Å²) in [4.78, 5) is 26.1. The van der Waals surface area contributed by atoms with E-state index in [1.165, 1.54) is 0 Å². The van der Waals surface area contributed by atoms with E-state index >= 15 is 0 Å². The van der Waals surface area contributed by atoms with E-state index in [2.05, 4.69) is 4.90 Å². The average Bonchev–Trinajstić information content (AvgIpc) is 2.94. The van der Waals surface area contributed by atoms with E-state index in [4.69, 9.17) is 21.1 Å². The van der Waals surface area contributed by atoms with E-state index in [1.54, 1.807) is 13.8 Å². The van der Waals surface area contributed by atoms with Gasteiger partial charge in [0.1, 0.15) is 0 Å². The summed E-state index contributed by atoms with van der Waals surface area (Å²) in [5.41, 5.74) is 1.59. The van der Waals surface area contributed by atoms with Crippen LogP contribution in [-0.4, -0.2) is 43.6 Å². The third kappa shape index (κ3) is 4.33. The van der Waals surface area contributed by atoms with Crippen molar-refractivity contribution in [2.45, 2.75) is 45.1 Å².